The SMILES string of the molecule is C.CN1CCN(c2[nH]cc(Br)c(=O)c2[N+](=O)[O-])CC1.CN1CCNCC1. The fourth-order valence-electron chi connectivity index (χ4n) is 2.70. The van der Waals surface area contributed by atoms with Crippen LogP contribution >= 0.6 is 15.9 Å². The molecule has 1 aromatic rings. The highest BCUT2D eigenvalue weighted by Crippen LogP contribution is 2.24. The average molecular weight is 433 g/mol. The van der Waals surface area contributed by atoms with Crippen molar-refractivity contribution >= 4 is 27.4 Å². The molecule has 3 rings (SSSR count). The number of hydrogen-bond acceptors (Lipinski definition) is 7. The Morgan fingerprint density at radius 1 is 1.08 bits per heavy atom. The molecule has 2 saturated heterocycles. The second-order valence-corrected chi connectivity index (χ2v) is 7.12. The Bertz CT molecular complexity index is 639. The Balaban J connectivity index is 0.000000357. The lowest BCUT2D eigenvalue weighted by atomic mass is 10.3. The summed E-state index contributed by atoms with van der Waals surface area (Å²) >= 11 is 3.01. The molecule has 1 aromatic heterocycles. The van der Waals surface area contributed by atoms with Gasteiger partial charge >= 0.3 is 5.69 Å². The molecular weight excluding hydrogens is 404 g/mol. The van der Waals surface area contributed by atoms with Crippen molar-refractivity contribution in [1.82, 2.24) is 20.1 Å². The second-order valence-electron chi connectivity index (χ2n) is 6.26. The minimum Gasteiger partial charge on any atom is -0.350 e. The van der Waals surface area contributed by atoms with Gasteiger partial charge in [-0.3, -0.25) is 14.9 Å². The molecular formula is C16H29BrN6O3. The number of hydrogen-bond donors (Lipinski definition) is 2. The van der Waals surface area contributed by atoms with Crippen molar-refractivity contribution in [3.63, 3.8) is 0 Å². The Morgan fingerprint density at radius 2 is 1.62 bits per heavy atom. The number of nitrogens with one attached hydrogen (secondary N) is 2. The van der Waals surface area contributed by atoms with Gasteiger partial charge in [-0.05, 0) is 30.0 Å². The summed E-state index contributed by atoms with van der Waals surface area (Å²) in [6.07, 6.45) is 1.45. The van der Waals surface area contributed by atoms with Gasteiger partial charge in [-0.2, -0.15) is 0 Å². The minimum absolute atomic E-state index is 0. The van der Waals surface area contributed by atoms with Crippen molar-refractivity contribution in [2.45, 2.75) is 7.43 Å². The van der Waals surface area contributed by atoms with Crippen molar-refractivity contribution < 1.29 is 4.92 Å². The zero-order valence-corrected chi connectivity index (χ0v) is 16.2. The maximum Gasteiger partial charge on any atom is 0.357 e. The summed E-state index contributed by atoms with van der Waals surface area (Å²) in [5.74, 6) is 0.293. The van der Waals surface area contributed by atoms with E-state index in [0.717, 1.165) is 26.2 Å². The Labute approximate surface area is 162 Å². The molecule has 2 N–H and O–H groups in total. The van der Waals surface area contributed by atoms with E-state index in [2.05, 4.69) is 43.1 Å². The number of H-pyrrole nitrogens is 1. The van der Waals surface area contributed by atoms with E-state index in [4.69, 9.17) is 0 Å². The van der Waals surface area contributed by atoms with Gasteiger partial charge in [0.2, 0.25) is 0 Å². The molecule has 2 fully saturated rings. The van der Waals surface area contributed by atoms with Crippen LogP contribution in [0.3, 0.4) is 0 Å². The molecule has 0 aliphatic carbocycles. The van der Waals surface area contributed by atoms with E-state index >= 15 is 0 Å². The van der Waals surface area contributed by atoms with E-state index in [1.807, 2.05) is 11.9 Å². The second kappa shape index (κ2) is 10.6. The number of pyridine rings is 1. The van der Waals surface area contributed by atoms with Crippen molar-refractivity contribution in [3.8, 4) is 0 Å². The van der Waals surface area contributed by atoms with Crippen LogP contribution in [-0.2, 0) is 0 Å². The lowest BCUT2D eigenvalue weighted by molar-refractivity contribution is -0.385. The molecule has 0 saturated carbocycles. The van der Waals surface area contributed by atoms with Crippen LogP contribution < -0.4 is 15.6 Å². The van der Waals surface area contributed by atoms with E-state index in [9.17, 15) is 14.9 Å². The number of halogens is 1. The summed E-state index contributed by atoms with van der Waals surface area (Å²) in [5, 5.41) is 14.3. The zero-order chi connectivity index (χ0) is 18.4. The van der Waals surface area contributed by atoms with Crippen LogP contribution in [-0.4, -0.2) is 86.2 Å². The monoisotopic (exact) mass is 432 g/mol. The lowest BCUT2D eigenvalue weighted by Gasteiger charge is -2.33. The van der Waals surface area contributed by atoms with Gasteiger partial charge < -0.3 is 25.0 Å². The predicted molar refractivity (Wildman–Crippen MR) is 108 cm³/mol. The molecule has 0 radical (unpaired) electrons. The summed E-state index contributed by atoms with van der Waals surface area (Å²) in [7, 11) is 4.15. The standard InChI is InChI=1S/C10H13BrN4O3.C5H12N2.CH4/c1-13-2-4-14(5-3-13)10-8(15(17)18)9(16)7(11)6-12-10;1-7-4-2-6-3-5-7;/h6H,2-5H2,1H3,(H,12,16);6H,2-5H2,1H3;1H4. The quantitative estimate of drug-likeness (QED) is 0.530. The van der Waals surface area contributed by atoms with Gasteiger partial charge in [0, 0.05) is 58.6 Å². The van der Waals surface area contributed by atoms with Gasteiger partial charge in [0.25, 0.3) is 5.43 Å². The van der Waals surface area contributed by atoms with Crippen molar-refractivity contribution in [2.75, 3.05) is 71.4 Å². The summed E-state index contributed by atoms with van der Waals surface area (Å²) in [5.41, 5.74) is -0.985. The predicted octanol–water partition coefficient (Wildman–Crippen LogP) is 0.955. The maximum absolute atomic E-state index is 11.8. The normalized spacial score (nSPS) is 18.5. The molecule has 2 aliphatic rings. The number of nitrogens with zero attached hydrogens (tertiary/aromatic N) is 4. The van der Waals surface area contributed by atoms with Crippen LogP contribution in [0.5, 0.6) is 0 Å². The Hall–Kier alpha value is -1.49. The molecule has 0 amide bonds. The highest BCUT2D eigenvalue weighted by atomic mass is 79.9. The Kier molecular flexibility index (Phi) is 9.20. The molecule has 0 aromatic carbocycles. The third kappa shape index (κ3) is 6.04. The molecule has 26 heavy (non-hydrogen) atoms. The molecule has 0 spiro atoms. The topological polar surface area (TPSA) is 97.8 Å². The van der Waals surface area contributed by atoms with Gasteiger partial charge in [-0.15, -0.1) is 0 Å². The van der Waals surface area contributed by atoms with Gasteiger partial charge in [0.15, 0.2) is 5.82 Å². The van der Waals surface area contributed by atoms with Crippen LogP contribution in [0.25, 0.3) is 0 Å². The van der Waals surface area contributed by atoms with E-state index in [0.29, 0.717) is 18.9 Å². The van der Waals surface area contributed by atoms with Crippen LogP contribution in [0.15, 0.2) is 15.5 Å². The maximum atomic E-state index is 11.8. The van der Waals surface area contributed by atoms with Gasteiger partial charge in [0.1, 0.15) is 0 Å². The van der Waals surface area contributed by atoms with E-state index in [-0.39, 0.29) is 11.9 Å². The fraction of sp³-hybridized carbons (Fsp3) is 0.688. The van der Waals surface area contributed by atoms with Crippen LogP contribution in [0, 0.1) is 10.1 Å². The zero-order valence-electron chi connectivity index (χ0n) is 14.6. The lowest BCUT2D eigenvalue weighted by Crippen LogP contribution is -2.45. The summed E-state index contributed by atoms with van der Waals surface area (Å²) in [6, 6.07) is 0. The Morgan fingerprint density at radius 3 is 2.08 bits per heavy atom. The van der Waals surface area contributed by atoms with Crippen molar-refractivity contribution in [1.29, 1.82) is 0 Å². The summed E-state index contributed by atoms with van der Waals surface area (Å²) in [4.78, 5) is 31.3. The summed E-state index contributed by atoms with van der Waals surface area (Å²) < 4.78 is 0.173. The van der Waals surface area contributed by atoms with E-state index in [1.165, 1.54) is 19.3 Å². The number of aromatic nitrogens is 1. The molecule has 9 nitrogen and oxygen atoms in total. The van der Waals surface area contributed by atoms with Gasteiger partial charge in [-0.25, -0.2) is 0 Å². The van der Waals surface area contributed by atoms with Crippen LogP contribution in [0.2, 0.25) is 0 Å². The number of likely N-dealkylation sites (N-methyl/N-ethyl adjacent to an activating group) is 2. The number of nitro groups is 1. The third-order valence-electron chi connectivity index (χ3n) is 4.33. The molecule has 148 valence electrons. The first-order valence-corrected chi connectivity index (χ1v) is 9.07. The molecule has 2 aliphatic heterocycles. The number of anilines is 1. The van der Waals surface area contributed by atoms with E-state index < -0.39 is 16.0 Å². The fourth-order valence-corrected chi connectivity index (χ4v) is 3.01. The molecule has 3 heterocycles. The van der Waals surface area contributed by atoms with Crippen LogP contribution in [0.1, 0.15) is 7.43 Å². The molecule has 0 bridgehead atoms. The number of aromatic amines is 1. The molecule has 0 atom stereocenters. The first-order chi connectivity index (χ1) is 11.9. The minimum atomic E-state index is -0.628. The smallest absolute Gasteiger partial charge is 0.350 e. The highest BCUT2D eigenvalue weighted by molar-refractivity contribution is 9.10. The van der Waals surface area contributed by atoms with E-state index in [1.54, 1.807) is 0 Å². The highest BCUT2D eigenvalue weighted by Gasteiger charge is 2.27. The largest absolute Gasteiger partial charge is 0.357 e. The summed E-state index contributed by atoms with van der Waals surface area (Å²) in [6.45, 7) is 7.70. The van der Waals surface area contributed by atoms with Crippen molar-refractivity contribution in [3.05, 3.63) is 31.0 Å². The van der Waals surface area contributed by atoms with Crippen LogP contribution in [0.4, 0.5) is 11.5 Å². The van der Waals surface area contributed by atoms with Crippen molar-refractivity contribution in [2.24, 2.45) is 0 Å². The third-order valence-corrected chi connectivity index (χ3v) is 4.92. The number of rotatable bonds is 2. The first kappa shape index (κ1) is 22.6. The number of piperazine rings is 2. The average Bonchev–Trinajstić information content (AvgIpc) is 2.59. The molecule has 10 heteroatoms. The van der Waals surface area contributed by atoms with Gasteiger partial charge in [-0.1, -0.05) is 7.43 Å². The first-order valence-electron chi connectivity index (χ1n) is 8.28. The van der Waals surface area contributed by atoms with Gasteiger partial charge in [0.05, 0.1) is 9.40 Å². The molecule has 0 unspecified atom stereocenters.